The molecule has 8 heteroatoms. The van der Waals surface area contributed by atoms with E-state index >= 15 is 0 Å². The van der Waals surface area contributed by atoms with Crippen LogP contribution in [0.3, 0.4) is 0 Å². The molecule has 0 bridgehead atoms. The first-order valence-electron chi connectivity index (χ1n) is 12.1. The number of methoxy groups -OCH3 is 1. The van der Waals surface area contributed by atoms with Crippen molar-refractivity contribution in [3.8, 4) is 5.75 Å². The van der Waals surface area contributed by atoms with Gasteiger partial charge in [-0.15, -0.1) is 0 Å². The summed E-state index contributed by atoms with van der Waals surface area (Å²) in [4.78, 5) is 55.0. The monoisotopic (exact) mass is 499 g/mol. The van der Waals surface area contributed by atoms with Gasteiger partial charge in [-0.05, 0) is 60.9 Å². The van der Waals surface area contributed by atoms with Gasteiger partial charge in [0, 0.05) is 12.2 Å². The van der Waals surface area contributed by atoms with Crippen LogP contribution < -0.4 is 15.0 Å². The smallest absolute Gasteiger partial charge is 0.299 e. The first-order valence-corrected chi connectivity index (χ1v) is 12.1. The number of rotatable bonds is 9. The molecule has 1 aliphatic rings. The molecule has 3 amide bonds. The van der Waals surface area contributed by atoms with Crippen molar-refractivity contribution in [3.05, 3.63) is 89.5 Å². The van der Waals surface area contributed by atoms with Crippen molar-refractivity contribution in [2.24, 2.45) is 0 Å². The van der Waals surface area contributed by atoms with Crippen LogP contribution in [0, 0.1) is 6.92 Å². The number of fused-ring (bicyclic) bond motifs is 1. The number of amides is 3. The zero-order valence-corrected chi connectivity index (χ0v) is 21.1. The number of para-hydroxylation sites is 1. The Bertz CT molecular complexity index is 1340. The van der Waals surface area contributed by atoms with Crippen molar-refractivity contribution in [1.29, 1.82) is 0 Å². The molecule has 0 spiro atoms. The molecule has 0 fully saturated rings. The zero-order valence-electron chi connectivity index (χ0n) is 21.1. The van der Waals surface area contributed by atoms with Gasteiger partial charge in [-0.2, -0.15) is 0 Å². The number of carbonyl (C=O) groups excluding carboxylic acids is 4. The van der Waals surface area contributed by atoms with Crippen LogP contribution in [0.2, 0.25) is 0 Å². The normalized spacial score (nSPS) is 13.2. The maximum Gasteiger partial charge on any atom is 0.299 e. The topological polar surface area (TPSA) is 96.0 Å². The van der Waals surface area contributed by atoms with Gasteiger partial charge in [0.1, 0.15) is 18.3 Å². The van der Waals surface area contributed by atoms with E-state index in [1.807, 2.05) is 38.1 Å². The highest BCUT2D eigenvalue weighted by molar-refractivity contribution is 6.52. The highest BCUT2D eigenvalue weighted by atomic mass is 16.5. The van der Waals surface area contributed by atoms with E-state index in [-0.39, 0.29) is 24.6 Å². The Balaban J connectivity index is 1.62. The van der Waals surface area contributed by atoms with Crippen molar-refractivity contribution in [1.82, 2.24) is 4.90 Å². The van der Waals surface area contributed by atoms with E-state index in [0.717, 1.165) is 11.1 Å². The second-order valence-electron chi connectivity index (χ2n) is 8.83. The first kappa shape index (κ1) is 25.6. The predicted octanol–water partition coefficient (Wildman–Crippen LogP) is 3.98. The summed E-state index contributed by atoms with van der Waals surface area (Å²) in [7, 11) is 1.56. The first-order chi connectivity index (χ1) is 17.8. The van der Waals surface area contributed by atoms with Crippen LogP contribution in [-0.2, 0) is 20.9 Å². The average Bonchev–Trinajstić information content (AvgIpc) is 3.15. The Morgan fingerprint density at radius 3 is 2.32 bits per heavy atom. The molecule has 4 rings (SSSR count). The molecular formula is C29H29N3O5. The van der Waals surface area contributed by atoms with Crippen LogP contribution in [0.4, 0.5) is 11.4 Å². The fourth-order valence-corrected chi connectivity index (χ4v) is 4.42. The summed E-state index contributed by atoms with van der Waals surface area (Å²) >= 11 is 0. The van der Waals surface area contributed by atoms with Gasteiger partial charge in [0.25, 0.3) is 11.7 Å². The molecule has 8 nitrogen and oxygen atoms in total. The standard InChI is InChI=1S/C29H29N3O5/c1-4-24(28(35)30-21-13-15-22(37-3)16-14-21)31(17-20-10-6-5-9-19(20)2)26(33)18-32-25-12-8-7-11-23(25)27(34)29(32)36/h5-16,24H,4,17-18H2,1-3H3,(H,30,35). The fraction of sp³-hybridized carbons (Fsp3) is 0.241. The quantitative estimate of drug-likeness (QED) is 0.450. The maximum atomic E-state index is 13.7. The van der Waals surface area contributed by atoms with E-state index in [9.17, 15) is 19.2 Å². The van der Waals surface area contributed by atoms with Crippen LogP contribution in [-0.4, -0.2) is 48.1 Å². The number of anilines is 2. The van der Waals surface area contributed by atoms with E-state index in [4.69, 9.17) is 4.74 Å². The molecular weight excluding hydrogens is 470 g/mol. The summed E-state index contributed by atoms with van der Waals surface area (Å²) in [6.45, 7) is 3.60. The molecule has 37 heavy (non-hydrogen) atoms. The number of hydrogen-bond donors (Lipinski definition) is 1. The van der Waals surface area contributed by atoms with Gasteiger partial charge in [0.15, 0.2) is 0 Å². The SMILES string of the molecule is CCC(C(=O)Nc1ccc(OC)cc1)N(Cc1ccccc1C)C(=O)CN1C(=O)C(=O)c2ccccc21. The van der Waals surface area contributed by atoms with E-state index < -0.39 is 23.6 Å². The van der Waals surface area contributed by atoms with Crippen molar-refractivity contribution in [2.45, 2.75) is 32.9 Å². The molecule has 190 valence electrons. The number of benzene rings is 3. The van der Waals surface area contributed by atoms with Crippen LogP contribution in [0.1, 0.15) is 34.8 Å². The number of ketones is 1. The molecule has 3 aromatic rings. The summed E-state index contributed by atoms with van der Waals surface area (Å²) in [5.41, 5.74) is 3.11. The molecule has 1 aliphatic heterocycles. The molecule has 1 atom stereocenters. The minimum absolute atomic E-state index is 0.178. The lowest BCUT2D eigenvalue weighted by Crippen LogP contribution is -2.50. The largest absolute Gasteiger partial charge is 0.497 e. The van der Waals surface area contributed by atoms with E-state index in [1.54, 1.807) is 55.6 Å². The van der Waals surface area contributed by atoms with Crippen LogP contribution >= 0.6 is 0 Å². The molecule has 0 saturated carbocycles. The van der Waals surface area contributed by atoms with Crippen molar-refractivity contribution in [2.75, 3.05) is 23.9 Å². The number of carbonyl (C=O) groups is 4. The van der Waals surface area contributed by atoms with Crippen LogP contribution in [0.5, 0.6) is 5.75 Å². The summed E-state index contributed by atoms with van der Waals surface area (Å²) in [6.07, 6.45) is 0.350. The molecule has 1 unspecified atom stereocenters. The third-order valence-electron chi connectivity index (χ3n) is 6.52. The molecule has 1 heterocycles. The summed E-state index contributed by atoms with van der Waals surface area (Å²) < 4.78 is 5.17. The average molecular weight is 500 g/mol. The van der Waals surface area contributed by atoms with Gasteiger partial charge in [-0.1, -0.05) is 43.3 Å². The molecule has 0 aromatic heterocycles. The van der Waals surface area contributed by atoms with Gasteiger partial charge in [-0.3, -0.25) is 24.1 Å². The number of Topliss-reactive ketones (excluding diaryl/α,β-unsaturated/α-hetero) is 1. The lowest BCUT2D eigenvalue weighted by atomic mass is 10.1. The van der Waals surface area contributed by atoms with Gasteiger partial charge >= 0.3 is 0 Å². The van der Waals surface area contributed by atoms with Crippen LogP contribution in [0.15, 0.2) is 72.8 Å². The molecule has 0 radical (unpaired) electrons. The Morgan fingerprint density at radius 2 is 1.65 bits per heavy atom. The lowest BCUT2D eigenvalue weighted by Gasteiger charge is -2.32. The van der Waals surface area contributed by atoms with Gasteiger partial charge in [0.05, 0.1) is 18.4 Å². The van der Waals surface area contributed by atoms with Crippen molar-refractivity contribution < 1.29 is 23.9 Å². The zero-order chi connectivity index (χ0) is 26.5. The number of nitrogens with one attached hydrogen (secondary N) is 1. The van der Waals surface area contributed by atoms with Gasteiger partial charge in [-0.25, -0.2) is 0 Å². The number of ether oxygens (including phenoxy) is 1. The second-order valence-corrected chi connectivity index (χ2v) is 8.83. The van der Waals surface area contributed by atoms with E-state index in [2.05, 4.69) is 5.32 Å². The van der Waals surface area contributed by atoms with Crippen LogP contribution in [0.25, 0.3) is 0 Å². The summed E-state index contributed by atoms with van der Waals surface area (Å²) in [5.74, 6) is -1.51. The number of aryl methyl sites for hydroxylation is 1. The predicted molar refractivity (Wildman–Crippen MR) is 141 cm³/mol. The second kappa shape index (κ2) is 11.1. The highest BCUT2D eigenvalue weighted by Crippen LogP contribution is 2.29. The molecule has 3 aromatic carbocycles. The van der Waals surface area contributed by atoms with E-state index in [1.165, 1.54) is 9.80 Å². The Labute approximate surface area is 215 Å². The van der Waals surface area contributed by atoms with Crippen molar-refractivity contribution in [3.63, 3.8) is 0 Å². The molecule has 1 N–H and O–H groups in total. The van der Waals surface area contributed by atoms with Crippen molar-refractivity contribution >= 4 is 34.9 Å². The maximum absolute atomic E-state index is 13.7. The lowest BCUT2D eigenvalue weighted by molar-refractivity contribution is -0.138. The summed E-state index contributed by atoms with van der Waals surface area (Å²) in [6, 6.07) is 20.3. The minimum atomic E-state index is -0.808. The molecule has 0 aliphatic carbocycles. The number of nitrogens with zero attached hydrogens (tertiary/aromatic N) is 2. The summed E-state index contributed by atoms with van der Waals surface area (Å²) in [5, 5.41) is 2.88. The Morgan fingerprint density at radius 1 is 0.973 bits per heavy atom. The van der Waals surface area contributed by atoms with Gasteiger partial charge in [0.2, 0.25) is 11.8 Å². The fourth-order valence-electron chi connectivity index (χ4n) is 4.42. The van der Waals surface area contributed by atoms with E-state index in [0.29, 0.717) is 23.5 Å². The minimum Gasteiger partial charge on any atom is -0.497 e. The Kier molecular flexibility index (Phi) is 7.67. The third kappa shape index (κ3) is 5.38. The Hall–Kier alpha value is -4.46. The number of hydrogen-bond acceptors (Lipinski definition) is 5. The third-order valence-corrected chi connectivity index (χ3v) is 6.52. The highest BCUT2D eigenvalue weighted by Gasteiger charge is 2.38. The molecule has 0 saturated heterocycles. The van der Waals surface area contributed by atoms with Gasteiger partial charge < -0.3 is 15.0 Å².